The van der Waals surface area contributed by atoms with Crippen LogP contribution in [-0.2, 0) is 26.0 Å². The van der Waals surface area contributed by atoms with Crippen molar-refractivity contribution in [1.82, 2.24) is 9.55 Å². The van der Waals surface area contributed by atoms with E-state index in [0.717, 1.165) is 6.54 Å². The number of aryl methyl sites for hydroxylation is 1. The third-order valence-electron chi connectivity index (χ3n) is 1.33. The number of rotatable bonds is 3. The Labute approximate surface area is 74.4 Å². The van der Waals surface area contributed by atoms with Crippen LogP contribution in [0.4, 0.5) is 0 Å². The van der Waals surface area contributed by atoms with Gasteiger partial charge in [0.15, 0.2) is 0 Å². The molecule has 0 atom stereocenters. The SMILES string of the molecule is CCCCn1ccnc1.[Zn]. The summed E-state index contributed by atoms with van der Waals surface area (Å²) in [7, 11) is 0. The third kappa shape index (κ3) is 3.12. The fraction of sp³-hybridized carbons (Fsp3) is 0.571. The van der Waals surface area contributed by atoms with Gasteiger partial charge in [-0.05, 0) is 6.42 Å². The first kappa shape index (κ1) is 9.83. The Morgan fingerprint density at radius 2 is 2.30 bits per heavy atom. The van der Waals surface area contributed by atoms with Gasteiger partial charge in [0, 0.05) is 38.4 Å². The minimum atomic E-state index is 0. The predicted octanol–water partition coefficient (Wildman–Crippen LogP) is 1.68. The van der Waals surface area contributed by atoms with Crippen LogP contribution >= 0.6 is 0 Å². The van der Waals surface area contributed by atoms with E-state index < -0.39 is 0 Å². The molecular weight excluding hydrogens is 177 g/mol. The summed E-state index contributed by atoms with van der Waals surface area (Å²) >= 11 is 0. The van der Waals surface area contributed by atoms with Crippen molar-refractivity contribution in [3.8, 4) is 0 Å². The van der Waals surface area contributed by atoms with Gasteiger partial charge in [-0.15, -0.1) is 0 Å². The summed E-state index contributed by atoms with van der Waals surface area (Å²) in [5.41, 5.74) is 0. The maximum Gasteiger partial charge on any atom is 0.0945 e. The Kier molecular flexibility index (Phi) is 5.51. The second-order valence-electron chi connectivity index (χ2n) is 2.15. The number of nitrogens with zero attached hydrogens (tertiary/aromatic N) is 2. The summed E-state index contributed by atoms with van der Waals surface area (Å²) in [5, 5.41) is 0. The Morgan fingerprint density at radius 3 is 2.80 bits per heavy atom. The second kappa shape index (κ2) is 5.61. The molecule has 0 aliphatic heterocycles. The number of imidazole rings is 1. The van der Waals surface area contributed by atoms with Crippen LogP contribution < -0.4 is 0 Å². The molecule has 0 radical (unpaired) electrons. The van der Waals surface area contributed by atoms with Crippen LogP contribution in [0.15, 0.2) is 18.7 Å². The van der Waals surface area contributed by atoms with Gasteiger partial charge in [-0.1, -0.05) is 13.3 Å². The molecule has 0 spiro atoms. The van der Waals surface area contributed by atoms with Crippen molar-refractivity contribution >= 4 is 0 Å². The quantitative estimate of drug-likeness (QED) is 0.662. The van der Waals surface area contributed by atoms with Gasteiger partial charge in [0.1, 0.15) is 0 Å². The Morgan fingerprint density at radius 1 is 1.50 bits per heavy atom. The van der Waals surface area contributed by atoms with E-state index in [1.807, 2.05) is 18.7 Å². The van der Waals surface area contributed by atoms with E-state index in [2.05, 4.69) is 16.5 Å². The topological polar surface area (TPSA) is 17.8 Å². The van der Waals surface area contributed by atoms with Crippen molar-refractivity contribution < 1.29 is 19.5 Å². The van der Waals surface area contributed by atoms with Crippen molar-refractivity contribution in [3.63, 3.8) is 0 Å². The Hall–Kier alpha value is -0.167. The van der Waals surface area contributed by atoms with Crippen LogP contribution in [0, 0.1) is 0 Å². The van der Waals surface area contributed by atoms with Crippen molar-refractivity contribution in [1.29, 1.82) is 0 Å². The fourth-order valence-corrected chi connectivity index (χ4v) is 0.760. The van der Waals surface area contributed by atoms with Crippen LogP contribution in [0.3, 0.4) is 0 Å². The predicted molar refractivity (Wildman–Crippen MR) is 37.1 cm³/mol. The van der Waals surface area contributed by atoms with E-state index in [1.165, 1.54) is 12.8 Å². The third-order valence-corrected chi connectivity index (χ3v) is 1.33. The molecule has 1 rings (SSSR count). The number of unbranched alkanes of at least 4 members (excludes halogenated alkanes) is 1. The summed E-state index contributed by atoms with van der Waals surface area (Å²) in [4.78, 5) is 3.94. The summed E-state index contributed by atoms with van der Waals surface area (Å²) in [5.74, 6) is 0. The molecule has 1 aromatic heterocycles. The van der Waals surface area contributed by atoms with Crippen molar-refractivity contribution in [2.75, 3.05) is 0 Å². The molecule has 0 N–H and O–H groups in total. The average molecular weight is 190 g/mol. The normalized spacial score (nSPS) is 8.90. The van der Waals surface area contributed by atoms with Gasteiger partial charge in [0.25, 0.3) is 0 Å². The van der Waals surface area contributed by atoms with Crippen LogP contribution in [-0.4, -0.2) is 9.55 Å². The van der Waals surface area contributed by atoms with Crippen molar-refractivity contribution in [2.45, 2.75) is 26.3 Å². The smallest absolute Gasteiger partial charge is 0.0945 e. The van der Waals surface area contributed by atoms with Crippen LogP contribution in [0.2, 0.25) is 0 Å². The van der Waals surface area contributed by atoms with Gasteiger partial charge in [-0.3, -0.25) is 0 Å². The Bertz CT molecular complexity index is 149. The molecule has 2 nitrogen and oxygen atoms in total. The molecule has 3 heteroatoms. The van der Waals surface area contributed by atoms with Gasteiger partial charge < -0.3 is 4.57 Å². The molecule has 0 fully saturated rings. The summed E-state index contributed by atoms with van der Waals surface area (Å²) in [6.07, 6.45) is 8.16. The number of hydrogen-bond donors (Lipinski definition) is 0. The zero-order valence-corrected chi connectivity index (χ0v) is 9.42. The van der Waals surface area contributed by atoms with Gasteiger partial charge in [-0.2, -0.15) is 0 Å². The molecule has 0 aliphatic carbocycles. The molecule has 0 aromatic carbocycles. The molecule has 0 saturated heterocycles. The molecule has 0 unspecified atom stereocenters. The first-order valence-electron chi connectivity index (χ1n) is 3.39. The van der Waals surface area contributed by atoms with Gasteiger partial charge in [0.2, 0.25) is 0 Å². The summed E-state index contributed by atoms with van der Waals surface area (Å²) in [6, 6.07) is 0. The average Bonchev–Trinajstić information content (AvgIpc) is 2.34. The van der Waals surface area contributed by atoms with E-state index in [1.54, 1.807) is 0 Å². The molecule has 0 bridgehead atoms. The van der Waals surface area contributed by atoms with Crippen LogP contribution in [0.1, 0.15) is 19.8 Å². The zero-order chi connectivity index (χ0) is 6.53. The number of aromatic nitrogens is 2. The molecule has 52 valence electrons. The van der Waals surface area contributed by atoms with Gasteiger partial charge in [-0.25, -0.2) is 4.98 Å². The maximum absolute atomic E-state index is 3.94. The molecule has 0 aliphatic rings. The van der Waals surface area contributed by atoms with Crippen molar-refractivity contribution in [3.05, 3.63) is 18.7 Å². The fourth-order valence-electron chi connectivity index (χ4n) is 0.760. The molecule has 1 aromatic rings. The molecule has 1 heterocycles. The summed E-state index contributed by atoms with van der Waals surface area (Å²) < 4.78 is 2.10. The van der Waals surface area contributed by atoms with Crippen LogP contribution in [0.5, 0.6) is 0 Å². The van der Waals surface area contributed by atoms with E-state index in [4.69, 9.17) is 0 Å². The van der Waals surface area contributed by atoms with E-state index in [0.29, 0.717) is 0 Å². The largest absolute Gasteiger partial charge is 0.337 e. The minimum absolute atomic E-state index is 0. The van der Waals surface area contributed by atoms with Crippen LogP contribution in [0.25, 0.3) is 0 Å². The number of hydrogen-bond acceptors (Lipinski definition) is 1. The van der Waals surface area contributed by atoms with E-state index in [-0.39, 0.29) is 19.5 Å². The molecule has 0 amide bonds. The summed E-state index contributed by atoms with van der Waals surface area (Å²) in [6.45, 7) is 3.30. The monoisotopic (exact) mass is 188 g/mol. The van der Waals surface area contributed by atoms with E-state index >= 15 is 0 Å². The van der Waals surface area contributed by atoms with Gasteiger partial charge >= 0.3 is 0 Å². The molecular formula is C7H12N2Zn. The second-order valence-corrected chi connectivity index (χ2v) is 2.15. The zero-order valence-electron chi connectivity index (χ0n) is 6.45. The molecule has 10 heavy (non-hydrogen) atoms. The van der Waals surface area contributed by atoms with Gasteiger partial charge in [0.05, 0.1) is 6.33 Å². The first-order chi connectivity index (χ1) is 4.43. The van der Waals surface area contributed by atoms with E-state index in [9.17, 15) is 0 Å². The standard InChI is InChI=1S/C7H12N2.Zn/c1-2-3-5-9-6-4-8-7-9;/h4,6-7H,2-3,5H2,1H3;. The first-order valence-corrected chi connectivity index (χ1v) is 3.39. The maximum atomic E-state index is 3.94. The minimum Gasteiger partial charge on any atom is -0.337 e. The Balaban J connectivity index is 0.000000810. The molecule has 0 saturated carbocycles. The van der Waals surface area contributed by atoms with Crippen molar-refractivity contribution in [2.24, 2.45) is 0 Å².